The molecule has 0 aliphatic heterocycles. The van der Waals surface area contributed by atoms with Crippen LogP contribution in [0.25, 0.3) is 11.0 Å². The molecule has 1 aromatic heterocycles. The van der Waals surface area contributed by atoms with Gasteiger partial charge in [-0.25, -0.2) is 14.6 Å². The number of amides is 2. The monoisotopic (exact) mass is 486 g/mol. The predicted octanol–water partition coefficient (Wildman–Crippen LogP) is 5.88. The maximum Gasteiger partial charge on any atom is 0.408 e. The highest BCUT2D eigenvalue weighted by molar-refractivity contribution is 6.34. The van der Waals surface area contributed by atoms with E-state index in [1.54, 1.807) is 6.07 Å². The van der Waals surface area contributed by atoms with Gasteiger partial charge in [0.25, 0.3) is 0 Å². The van der Waals surface area contributed by atoms with Crippen molar-refractivity contribution in [2.45, 2.75) is 58.3 Å². The van der Waals surface area contributed by atoms with E-state index in [0.717, 1.165) is 17.5 Å². The smallest absolute Gasteiger partial charge is 0.408 e. The number of fused-ring (bicyclic) bond motifs is 1. The number of ether oxygens (including phenoxy) is 2. The number of H-pyrrole nitrogens is 1. The van der Waals surface area contributed by atoms with Gasteiger partial charge in [-0.2, -0.15) is 0 Å². The van der Waals surface area contributed by atoms with Crippen molar-refractivity contribution in [3.63, 3.8) is 0 Å². The summed E-state index contributed by atoms with van der Waals surface area (Å²) in [5.41, 5.74) is 1.80. The molecule has 3 rings (SSSR count). The molecule has 1 atom stereocenters. The van der Waals surface area contributed by atoms with Gasteiger partial charge < -0.3 is 25.1 Å². The molecule has 0 radical (unpaired) electrons. The SMILES string of the molecule is CC(C)(C)OC(=O)NCCCCC(NC(=O)OCc1ccccc1)c1nc2c(Cl)cccc2[nH]1. The molecule has 0 bridgehead atoms. The maximum atomic E-state index is 12.5. The van der Waals surface area contributed by atoms with Crippen molar-refractivity contribution in [2.24, 2.45) is 0 Å². The highest BCUT2D eigenvalue weighted by Gasteiger charge is 2.20. The lowest BCUT2D eigenvalue weighted by molar-refractivity contribution is 0.0527. The van der Waals surface area contributed by atoms with Crippen LogP contribution in [-0.2, 0) is 16.1 Å². The predicted molar refractivity (Wildman–Crippen MR) is 132 cm³/mol. The molecule has 3 N–H and O–H groups in total. The second kappa shape index (κ2) is 11.7. The van der Waals surface area contributed by atoms with Gasteiger partial charge in [-0.05, 0) is 57.7 Å². The third-order valence-corrected chi connectivity index (χ3v) is 5.21. The Kier molecular flexibility index (Phi) is 8.76. The first-order valence-corrected chi connectivity index (χ1v) is 11.7. The van der Waals surface area contributed by atoms with Gasteiger partial charge in [0.2, 0.25) is 0 Å². The van der Waals surface area contributed by atoms with Gasteiger partial charge in [0.15, 0.2) is 0 Å². The fourth-order valence-corrected chi connectivity index (χ4v) is 3.56. The van der Waals surface area contributed by atoms with Crippen molar-refractivity contribution in [3.05, 3.63) is 64.9 Å². The van der Waals surface area contributed by atoms with Crippen LogP contribution in [0.15, 0.2) is 48.5 Å². The summed E-state index contributed by atoms with van der Waals surface area (Å²) in [4.78, 5) is 32.2. The number of nitrogens with one attached hydrogen (secondary N) is 3. The van der Waals surface area contributed by atoms with Crippen LogP contribution < -0.4 is 10.6 Å². The second-order valence-corrected chi connectivity index (χ2v) is 9.35. The second-order valence-electron chi connectivity index (χ2n) is 8.94. The first kappa shape index (κ1) is 25.4. The Hall–Kier alpha value is -3.26. The summed E-state index contributed by atoms with van der Waals surface area (Å²) in [6.45, 7) is 6.09. The summed E-state index contributed by atoms with van der Waals surface area (Å²) in [5, 5.41) is 6.19. The van der Waals surface area contributed by atoms with E-state index in [-0.39, 0.29) is 6.61 Å². The molecule has 8 nitrogen and oxygen atoms in total. The van der Waals surface area contributed by atoms with E-state index in [0.29, 0.717) is 35.8 Å². The number of carbonyl (C=O) groups is 2. The average Bonchev–Trinajstić information content (AvgIpc) is 3.22. The summed E-state index contributed by atoms with van der Waals surface area (Å²) in [6, 6.07) is 14.6. The number of alkyl carbamates (subject to hydrolysis) is 2. The van der Waals surface area contributed by atoms with Crippen LogP contribution in [0, 0.1) is 0 Å². The first-order chi connectivity index (χ1) is 16.2. The molecule has 0 aliphatic carbocycles. The van der Waals surface area contributed by atoms with Gasteiger partial charge >= 0.3 is 12.2 Å². The van der Waals surface area contributed by atoms with E-state index in [4.69, 9.17) is 21.1 Å². The number of nitrogens with zero attached hydrogens (tertiary/aromatic N) is 1. The quantitative estimate of drug-likeness (QED) is 0.327. The number of hydrogen-bond donors (Lipinski definition) is 3. The number of imidazole rings is 1. The molecule has 0 saturated carbocycles. The lowest BCUT2D eigenvalue weighted by Gasteiger charge is -2.20. The van der Waals surface area contributed by atoms with Crippen LogP contribution >= 0.6 is 11.6 Å². The highest BCUT2D eigenvalue weighted by atomic mass is 35.5. The Morgan fingerprint density at radius 1 is 1.06 bits per heavy atom. The van der Waals surface area contributed by atoms with Crippen molar-refractivity contribution in [1.29, 1.82) is 0 Å². The average molecular weight is 487 g/mol. The Morgan fingerprint density at radius 2 is 1.82 bits per heavy atom. The van der Waals surface area contributed by atoms with Gasteiger partial charge in [-0.1, -0.05) is 48.0 Å². The molecular weight excluding hydrogens is 456 g/mol. The standard InChI is InChI=1S/C25H31ClN4O4/c1-25(2,3)34-23(31)27-15-8-7-13-20(22-28-19-14-9-12-18(26)21(19)30-22)29-24(32)33-16-17-10-5-4-6-11-17/h4-6,9-12,14,20H,7-8,13,15-16H2,1-3H3,(H,27,31)(H,28,30)(H,29,32). The zero-order valence-electron chi connectivity index (χ0n) is 19.7. The molecule has 182 valence electrons. The number of aromatic amines is 1. The lowest BCUT2D eigenvalue weighted by Crippen LogP contribution is -2.33. The van der Waals surface area contributed by atoms with E-state index in [1.165, 1.54) is 0 Å². The van der Waals surface area contributed by atoms with E-state index in [1.807, 2.05) is 63.2 Å². The van der Waals surface area contributed by atoms with Crippen molar-refractivity contribution in [1.82, 2.24) is 20.6 Å². The number of carbonyl (C=O) groups excluding carboxylic acids is 2. The molecule has 0 fully saturated rings. The van der Waals surface area contributed by atoms with E-state index < -0.39 is 23.8 Å². The fourth-order valence-electron chi connectivity index (χ4n) is 3.34. The zero-order chi connectivity index (χ0) is 24.6. The topological polar surface area (TPSA) is 105 Å². The molecule has 0 aliphatic rings. The number of rotatable bonds is 9. The van der Waals surface area contributed by atoms with Crippen LogP contribution in [0.3, 0.4) is 0 Å². The highest BCUT2D eigenvalue weighted by Crippen LogP contribution is 2.25. The third-order valence-electron chi connectivity index (χ3n) is 4.90. The van der Waals surface area contributed by atoms with Gasteiger partial charge in [-0.3, -0.25) is 0 Å². The summed E-state index contributed by atoms with van der Waals surface area (Å²) in [5.74, 6) is 0.597. The van der Waals surface area contributed by atoms with Gasteiger partial charge in [-0.15, -0.1) is 0 Å². The summed E-state index contributed by atoms with van der Waals surface area (Å²) >= 11 is 6.27. The summed E-state index contributed by atoms with van der Waals surface area (Å²) in [7, 11) is 0. The number of unbranched alkanes of at least 4 members (excludes halogenated alkanes) is 1. The van der Waals surface area contributed by atoms with Crippen molar-refractivity contribution < 1.29 is 19.1 Å². The van der Waals surface area contributed by atoms with Crippen LogP contribution in [-0.4, -0.2) is 34.3 Å². The Bertz CT molecular complexity index is 1100. The van der Waals surface area contributed by atoms with Crippen molar-refractivity contribution in [2.75, 3.05) is 6.54 Å². The fraction of sp³-hybridized carbons (Fsp3) is 0.400. The minimum absolute atomic E-state index is 0.172. The minimum atomic E-state index is -0.540. The van der Waals surface area contributed by atoms with Crippen molar-refractivity contribution >= 4 is 34.8 Å². The number of benzene rings is 2. The third kappa shape index (κ3) is 7.95. The molecule has 2 amide bonds. The number of para-hydroxylation sites is 1. The van der Waals surface area contributed by atoms with Gasteiger partial charge in [0, 0.05) is 6.54 Å². The normalized spacial score (nSPS) is 12.2. The van der Waals surface area contributed by atoms with Gasteiger partial charge in [0.1, 0.15) is 23.5 Å². The van der Waals surface area contributed by atoms with Crippen LogP contribution in [0.2, 0.25) is 5.02 Å². The number of hydrogen-bond acceptors (Lipinski definition) is 5. The molecular formula is C25H31ClN4O4. The summed E-state index contributed by atoms with van der Waals surface area (Å²) in [6.07, 6.45) is 1.04. The Morgan fingerprint density at radius 3 is 2.53 bits per heavy atom. The zero-order valence-corrected chi connectivity index (χ0v) is 20.4. The van der Waals surface area contributed by atoms with Crippen LogP contribution in [0.4, 0.5) is 9.59 Å². The molecule has 3 aromatic rings. The molecule has 1 unspecified atom stereocenters. The van der Waals surface area contributed by atoms with E-state index >= 15 is 0 Å². The van der Waals surface area contributed by atoms with E-state index in [9.17, 15) is 9.59 Å². The van der Waals surface area contributed by atoms with Crippen molar-refractivity contribution in [3.8, 4) is 0 Å². The summed E-state index contributed by atoms with van der Waals surface area (Å²) < 4.78 is 10.6. The molecule has 34 heavy (non-hydrogen) atoms. The molecule has 0 spiro atoms. The molecule has 1 heterocycles. The number of aromatic nitrogens is 2. The van der Waals surface area contributed by atoms with Crippen LogP contribution in [0.5, 0.6) is 0 Å². The van der Waals surface area contributed by atoms with Crippen LogP contribution in [0.1, 0.15) is 57.5 Å². The molecule has 9 heteroatoms. The van der Waals surface area contributed by atoms with E-state index in [2.05, 4.69) is 20.6 Å². The molecule has 0 saturated heterocycles. The van der Waals surface area contributed by atoms with Gasteiger partial charge in [0.05, 0.1) is 16.6 Å². The minimum Gasteiger partial charge on any atom is -0.445 e. The Labute approximate surface area is 204 Å². The maximum absolute atomic E-state index is 12.5. The molecule has 2 aromatic carbocycles. The Balaban J connectivity index is 1.59. The first-order valence-electron chi connectivity index (χ1n) is 11.3. The number of halogens is 1. The lowest BCUT2D eigenvalue weighted by atomic mass is 10.1. The largest absolute Gasteiger partial charge is 0.445 e.